The van der Waals surface area contributed by atoms with Gasteiger partial charge in [-0.15, -0.1) is 0 Å². The Bertz CT molecular complexity index is 1110. The third-order valence-electron chi connectivity index (χ3n) is 4.76. The van der Waals surface area contributed by atoms with E-state index in [2.05, 4.69) is 17.4 Å². The van der Waals surface area contributed by atoms with Gasteiger partial charge in [0.1, 0.15) is 11.4 Å². The summed E-state index contributed by atoms with van der Waals surface area (Å²) in [6.07, 6.45) is 0. The van der Waals surface area contributed by atoms with Crippen molar-refractivity contribution in [3.05, 3.63) is 107 Å². The van der Waals surface area contributed by atoms with E-state index < -0.39 is 5.97 Å². The summed E-state index contributed by atoms with van der Waals surface area (Å²) in [5.41, 5.74) is 5.20. The van der Waals surface area contributed by atoms with Crippen molar-refractivity contribution in [2.45, 2.75) is 19.6 Å². The van der Waals surface area contributed by atoms with E-state index in [-0.39, 0.29) is 5.56 Å². The van der Waals surface area contributed by atoms with Crippen molar-refractivity contribution in [3.8, 4) is 11.3 Å². The average molecular weight is 398 g/mol. The number of carboxylic acid groups (broad SMARTS) is 1. The first kappa shape index (κ1) is 19.5. The Hall–Kier alpha value is -3.77. The first-order valence-corrected chi connectivity index (χ1v) is 9.75. The molecule has 2 N–H and O–H groups in total. The van der Waals surface area contributed by atoms with Gasteiger partial charge in [0.25, 0.3) is 0 Å². The summed E-state index contributed by atoms with van der Waals surface area (Å²) in [4.78, 5) is 12.7. The van der Waals surface area contributed by atoms with E-state index in [0.717, 1.165) is 28.1 Å². The number of carbonyl (C=O) groups is 1. The number of nitrogens with one attached hydrogen (secondary N) is 1. The van der Waals surface area contributed by atoms with Gasteiger partial charge in [-0.2, -0.15) is 15.0 Å². The van der Waals surface area contributed by atoms with Gasteiger partial charge in [0, 0.05) is 18.7 Å². The molecule has 0 aliphatic rings. The second kappa shape index (κ2) is 9.15. The highest BCUT2D eigenvalue weighted by Crippen LogP contribution is 2.20. The molecule has 3 aromatic carbocycles. The van der Waals surface area contributed by atoms with E-state index in [1.54, 1.807) is 16.9 Å². The molecule has 0 unspecified atom stereocenters. The molecule has 30 heavy (non-hydrogen) atoms. The van der Waals surface area contributed by atoms with Crippen LogP contribution in [-0.4, -0.2) is 26.1 Å². The summed E-state index contributed by atoms with van der Waals surface area (Å²) in [7, 11) is 0. The van der Waals surface area contributed by atoms with Gasteiger partial charge in [-0.05, 0) is 23.3 Å². The molecule has 0 saturated carbocycles. The van der Waals surface area contributed by atoms with Gasteiger partial charge < -0.3 is 10.4 Å². The molecule has 0 spiro atoms. The minimum Gasteiger partial charge on any atom is -0.478 e. The van der Waals surface area contributed by atoms with Crippen molar-refractivity contribution in [3.63, 3.8) is 0 Å². The van der Waals surface area contributed by atoms with E-state index >= 15 is 0 Å². The molecule has 6 heteroatoms. The summed E-state index contributed by atoms with van der Waals surface area (Å²) in [6, 6.07) is 27.0. The molecule has 1 heterocycles. The zero-order chi connectivity index (χ0) is 20.8. The van der Waals surface area contributed by atoms with Crippen molar-refractivity contribution in [2.75, 3.05) is 0 Å². The molecular formula is C24H22N4O2. The first-order chi connectivity index (χ1) is 14.7. The second-order valence-corrected chi connectivity index (χ2v) is 6.98. The third kappa shape index (κ3) is 4.79. The van der Waals surface area contributed by atoms with Crippen LogP contribution in [0.15, 0.2) is 84.9 Å². The van der Waals surface area contributed by atoms with Gasteiger partial charge in [0.05, 0.1) is 12.1 Å². The van der Waals surface area contributed by atoms with Crippen molar-refractivity contribution in [1.82, 2.24) is 20.3 Å². The Balaban J connectivity index is 1.50. The Morgan fingerprint density at radius 1 is 0.800 bits per heavy atom. The smallest absolute Gasteiger partial charge is 0.335 e. The van der Waals surface area contributed by atoms with Crippen LogP contribution in [0.4, 0.5) is 0 Å². The van der Waals surface area contributed by atoms with Crippen LogP contribution in [0.25, 0.3) is 11.3 Å². The lowest BCUT2D eigenvalue weighted by atomic mass is 10.1. The number of aromatic nitrogens is 3. The molecule has 0 saturated heterocycles. The Labute approximate surface area is 174 Å². The second-order valence-electron chi connectivity index (χ2n) is 6.98. The molecule has 0 atom stereocenters. The monoisotopic (exact) mass is 398 g/mol. The van der Waals surface area contributed by atoms with Crippen LogP contribution < -0.4 is 5.32 Å². The molecule has 0 amide bonds. The summed E-state index contributed by atoms with van der Waals surface area (Å²) in [6.45, 7) is 1.77. The normalized spacial score (nSPS) is 10.8. The van der Waals surface area contributed by atoms with Crippen LogP contribution in [0.5, 0.6) is 0 Å². The van der Waals surface area contributed by atoms with Gasteiger partial charge in [0.2, 0.25) is 0 Å². The van der Waals surface area contributed by atoms with Gasteiger partial charge >= 0.3 is 5.97 Å². The molecule has 0 aliphatic heterocycles. The highest BCUT2D eigenvalue weighted by atomic mass is 16.4. The summed E-state index contributed by atoms with van der Waals surface area (Å²) in [5, 5.41) is 21.9. The van der Waals surface area contributed by atoms with E-state index in [4.69, 9.17) is 15.3 Å². The maximum absolute atomic E-state index is 11.0. The number of benzene rings is 3. The fourth-order valence-electron chi connectivity index (χ4n) is 3.23. The predicted molar refractivity (Wildman–Crippen MR) is 115 cm³/mol. The lowest BCUT2D eigenvalue weighted by Gasteiger charge is -2.05. The molecule has 6 nitrogen and oxygen atoms in total. The van der Waals surface area contributed by atoms with Gasteiger partial charge in [0.15, 0.2) is 0 Å². The number of hydrogen-bond acceptors (Lipinski definition) is 4. The summed E-state index contributed by atoms with van der Waals surface area (Å²) >= 11 is 0. The molecule has 0 bridgehead atoms. The fraction of sp³-hybridized carbons (Fsp3) is 0.125. The summed E-state index contributed by atoms with van der Waals surface area (Å²) in [5.74, 6) is -0.919. The van der Waals surface area contributed by atoms with Gasteiger partial charge in [-0.25, -0.2) is 4.79 Å². The number of aromatic carboxylic acids is 1. The highest BCUT2D eigenvalue weighted by molar-refractivity contribution is 5.87. The maximum atomic E-state index is 11.0. The number of rotatable bonds is 8. The lowest BCUT2D eigenvalue weighted by Crippen LogP contribution is -2.14. The van der Waals surface area contributed by atoms with E-state index in [1.807, 2.05) is 60.7 Å². The number of carboxylic acids is 1. The highest BCUT2D eigenvalue weighted by Gasteiger charge is 2.13. The maximum Gasteiger partial charge on any atom is 0.335 e. The zero-order valence-corrected chi connectivity index (χ0v) is 16.4. The minimum atomic E-state index is -0.919. The van der Waals surface area contributed by atoms with Crippen molar-refractivity contribution >= 4 is 5.97 Å². The van der Waals surface area contributed by atoms with Crippen LogP contribution in [-0.2, 0) is 19.6 Å². The molecule has 0 aliphatic carbocycles. The average Bonchev–Trinajstić information content (AvgIpc) is 3.18. The molecule has 4 aromatic rings. The molecule has 1 aromatic heterocycles. The van der Waals surface area contributed by atoms with E-state index in [9.17, 15) is 4.79 Å². The SMILES string of the molecule is O=C(O)c1ccc(CNCc2nn(Cc3ccccc3)nc2-c2ccccc2)cc1. The van der Waals surface area contributed by atoms with Crippen molar-refractivity contribution in [1.29, 1.82) is 0 Å². The Morgan fingerprint density at radius 2 is 1.47 bits per heavy atom. The summed E-state index contributed by atoms with van der Waals surface area (Å²) < 4.78 is 0. The lowest BCUT2D eigenvalue weighted by molar-refractivity contribution is 0.0697. The number of nitrogens with zero attached hydrogens (tertiary/aromatic N) is 3. The minimum absolute atomic E-state index is 0.286. The third-order valence-corrected chi connectivity index (χ3v) is 4.76. The molecule has 0 fully saturated rings. The quantitative estimate of drug-likeness (QED) is 0.469. The fourth-order valence-corrected chi connectivity index (χ4v) is 3.23. The van der Waals surface area contributed by atoms with Gasteiger partial charge in [-0.1, -0.05) is 72.8 Å². The van der Waals surface area contributed by atoms with Crippen molar-refractivity contribution < 1.29 is 9.90 Å². The van der Waals surface area contributed by atoms with E-state index in [1.165, 1.54) is 0 Å². The van der Waals surface area contributed by atoms with Crippen LogP contribution in [0.3, 0.4) is 0 Å². The van der Waals surface area contributed by atoms with Crippen LogP contribution in [0, 0.1) is 0 Å². The largest absolute Gasteiger partial charge is 0.478 e. The van der Waals surface area contributed by atoms with Crippen LogP contribution in [0.1, 0.15) is 27.2 Å². The topological polar surface area (TPSA) is 80.0 Å². The number of hydrogen-bond donors (Lipinski definition) is 2. The van der Waals surface area contributed by atoms with Crippen LogP contribution >= 0.6 is 0 Å². The zero-order valence-electron chi connectivity index (χ0n) is 16.4. The van der Waals surface area contributed by atoms with E-state index in [0.29, 0.717) is 19.6 Å². The standard InChI is InChI=1S/C24H22N4O2/c29-24(30)21-13-11-18(12-14-21)15-25-16-22-23(20-9-5-2-6-10-20)27-28(26-22)17-19-7-3-1-4-8-19/h1-14,25H,15-17H2,(H,29,30). The molecule has 0 radical (unpaired) electrons. The molecule has 4 rings (SSSR count). The van der Waals surface area contributed by atoms with Crippen molar-refractivity contribution in [2.24, 2.45) is 0 Å². The van der Waals surface area contributed by atoms with Crippen LogP contribution in [0.2, 0.25) is 0 Å². The molecular weight excluding hydrogens is 376 g/mol. The Kier molecular flexibility index (Phi) is 5.96. The van der Waals surface area contributed by atoms with Gasteiger partial charge in [-0.3, -0.25) is 0 Å². The first-order valence-electron chi connectivity index (χ1n) is 9.75. The predicted octanol–water partition coefficient (Wildman–Crippen LogP) is 3.98. The molecule has 150 valence electrons. The Morgan fingerprint density at radius 3 is 2.13 bits per heavy atom.